The largest absolute Gasteiger partial charge is 0.460 e. The maximum atomic E-state index is 12.3. The Morgan fingerprint density at radius 1 is 1.36 bits per heavy atom. The molecule has 8 heteroatoms. The van der Waals surface area contributed by atoms with E-state index >= 15 is 0 Å². The van der Waals surface area contributed by atoms with Gasteiger partial charge in [-0.2, -0.15) is 0 Å². The number of rotatable bonds is 5. The van der Waals surface area contributed by atoms with Gasteiger partial charge >= 0.3 is 18.0 Å². The van der Waals surface area contributed by atoms with E-state index in [0.717, 1.165) is 4.90 Å². The van der Waals surface area contributed by atoms with E-state index in [1.165, 1.54) is 0 Å². The lowest BCUT2D eigenvalue weighted by Gasteiger charge is -2.23. The molecule has 22 heavy (non-hydrogen) atoms. The summed E-state index contributed by atoms with van der Waals surface area (Å²) in [6.07, 6.45) is -0.128. The molecular weight excluding hydrogens is 292 g/mol. The summed E-state index contributed by atoms with van der Waals surface area (Å²) < 4.78 is 9.88. The number of hydrogen-bond donors (Lipinski definition) is 1. The number of amides is 3. The molecule has 3 amide bonds. The highest BCUT2D eigenvalue weighted by atomic mass is 16.6. The van der Waals surface area contributed by atoms with Gasteiger partial charge in [0.15, 0.2) is 0 Å². The summed E-state index contributed by atoms with van der Waals surface area (Å²) in [4.78, 5) is 48.4. The van der Waals surface area contributed by atoms with E-state index in [2.05, 4.69) is 5.32 Å². The highest BCUT2D eigenvalue weighted by Gasteiger charge is 2.49. The zero-order valence-corrected chi connectivity index (χ0v) is 12.9. The Hall–Kier alpha value is -2.12. The van der Waals surface area contributed by atoms with E-state index in [0.29, 0.717) is 12.8 Å². The van der Waals surface area contributed by atoms with Crippen molar-refractivity contribution in [2.45, 2.75) is 57.8 Å². The van der Waals surface area contributed by atoms with Crippen LogP contribution >= 0.6 is 0 Å². The van der Waals surface area contributed by atoms with Gasteiger partial charge in [-0.15, -0.1) is 0 Å². The minimum Gasteiger partial charge on any atom is -0.460 e. The second-order valence-corrected chi connectivity index (χ2v) is 5.57. The number of carbonyl (C=O) groups is 4. The van der Waals surface area contributed by atoms with Gasteiger partial charge in [0, 0.05) is 6.42 Å². The third-order valence-corrected chi connectivity index (χ3v) is 4.14. The van der Waals surface area contributed by atoms with E-state index < -0.39 is 42.1 Å². The first-order chi connectivity index (χ1) is 10.3. The number of ether oxygens (including phenoxy) is 2. The van der Waals surface area contributed by atoms with Crippen LogP contribution in [0.3, 0.4) is 0 Å². The smallest absolute Gasteiger partial charge is 0.347 e. The SMILES string of the molecule is CCC1(CC)NC(=O)N(CC(=O)O[C@@H]2C[C@H](C)OC2=O)C1=O. The first-order valence-electron chi connectivity index (χ1n) is 7.37. The fourth-order valence-electron chi connectivity index (χ4n) is 2.69. The lowest BCUT2D eigenvalue weighted by atomic mass is 9.93. The van der Waals surface area contributed by atoms with E-state index in [9.17, 15) is 19.2 Å². The van der Waals surface area contributed by atoms with Crippen LogP contribution in [-0.2, 0) is 23.9 Å². The third kappa shape index (κ3) is 2.77. The normalized spacial score (nSPS) is 26.9. The molecule has 2 saturated heterocycles. The van der Waals surface area contributed by atoms with Crippen LogP contribution in [-0.4, -0.2) is 53.1 Å². The number of esters is 2. The first-order valence-corrected chi connectivity index (χ1v) is 7.37. The molecule has 2 aliphatic heterocycles. The lowest BCUT2D eigenvalue weighted by molar-refractivity contribution is -0.161. The molecule has 0 aromatic heterocycles. The zero-order valence-electron chi connectivity index (χ0n) is 12.9. The second kappa shape index (κ2) is 5.94. The first kappa shape index (κ1) is 16.3. The summed E-state index contributed by atoms with van der Waals surface area (Å²) in [5.74, 6) is -1.85. The number of nitrogens with one attached hydrogen (secondary N) is 1. The molecule has 2 atom stereocenters. The third-order valence-electron chi connectivity index (χ3n) is 4.14. The fourth-order valence-corrected chi connectivity index (χ4v) is 2.69. The van der Waals surface area contributed by atoms with Gasteiger partial charge < -0.3 is 14.8 Å². The molecule has 1 N–H and O–H groups in total. The van der Waals surface area contributed by atoms with Gasteiger partial charge in [0.1, 0.15) is 18.2 Å². The zero-order chi connectivity index (χ0) is 16.5. The molecule has 122 valence electrons. The molecule has 0 unspecified atom stereocenters. The van der Waals surface area contributed by atoms with Gasteiger partial charge in [-0.05, 0) is 19.8 Å². The lowest BCUT2D eigenvalue weighted by Crippen LogP contribution is -2.46. The molecule has 0 radical (unpaired) electrons. The molecule has 0 bridgehead atoms. The molecule has 0 aliphatic carbocycles. The maximum absolute atomic E-state index is 12.3. The van der Waals surface area contributed by atoms with Crippen molar-refractivity contribution < 1.29 is 28.7 Å². The number of nitrogens with zero attached hydrogens (tertiary/aromatic N) is 1. The summed E-state index contributed by atoms with van der Waals surface area (Å²) in [5.41, 5.74) is -0.960. The Bertz CT molecular complexity index is 513. The van der Waals surface area contributed by atoms with Gasteiger partial charge in [-0.3, -0.25) is 14.5 Å². The number of cyclic esters (lactones) is 1. The maximum Gasteiger partial charge on any atom is 0.347 e. The predicted octanol–water partition coefficient (Wildman–Crippen LogP) is 0.344. The van der Waals surface area contributed by atoms with Crippen LogP contribution in [0.5, 0.6) is 0 Å². The van der Waals surface area contributed by atoms with Crippen LogP contribution < -0.4 is 5.32 Å². The molecule has 2 fully saturated rings. The van der Waals surface area contributed by atoms with Gasteiger partial charge in [0.2, 0.25) is 6.10 Å². The Labute approximate surface area is 128 Å². The summed E-state index contributed by atoms with van der Waals surface area (Å²) >= 11 is 0. The average Bonchev–Trinajstić information content (AvgIpc) is 2.90. The van der Waals surface area contributed by atoms with Crippen molar-refractivity contribution in [2.24, 2.45) is 0 Å². The van der Waals surface area contributed by atoms with Crippen molar-refractivity contribution >= 4 is 23.9 Å². The minimum atomic E-state index is -0.967. The monoisotopic (exact) mass is 312 g/mol. The number of urea groups is 1. The summed E-state index contributed by atoms with van der Waals surface area (Å²) in [7, 11) is 0. The molecule has 2 heterocycles. The van der Waals surface area contributed by atoms with Gasteiger partial charge in [0.05, 0.1) is 0 Å². The molecule has 2 aliphatic rings. The van der Waals surface area contributed by atoms with Crippen LogP contribution in [0.15, 0.2) is 0 Å². The van der Waals surface area contributed by atoms with Crippen LogP contribution in [0, 0.1) is 0 Å². The van der Waals surface area contributed by atoms with E-state index in [4.69, 9.17) is 9.47 Å². The number of carbonyl (C=O) groups excluding carboxylic acids is 4. The Balaban J connectivity index is 1.98. The van der Waals surface area contributed by atoms with E-state index in [1.807, 2.05) is 0 Å². The van der Waals surface area contributed by atoms with Crippen molar-refractivity contribution in [3.05, 3.63) is 0 Å². The Kier molecular flexibility index (Phi) is 4.39. The molecule has 0 saturated carbocycles. The highest BCUT2D eigenvalue weighted by Crippen LogP contribution is 2.25. The fraction of sp³-hybridized carbons (Fsp3) is 0.714. The second-order valence-electron chi connectivity index (χ2n) is 5.57. The highest BCUT2D eigenvalue weighted by molar-refractivity contribution is 6.08. The average molecular weight is 312 g/mol. The Morgan fingerprint density at radius 2 is 2.00 bits per heavy atom. The molecule has 8 nitrogen and oxygen atoms in total. The van der Waals surface area contributed by atoms with Crippen molar-refractivity contribution in [1.82, 2.24) is 10.2 Å². The summed E-state index contributed by atoms with van der Waals surface area (Å²) in [5, 5.41) is 2.62. The Morgan fingerprint density at radius 3 is 2.45 bits per heavy atom. The van der Waals surface area contributed by atoms with Crippen molar-refractivity contribution in [1.29, 1.82) is 0 Å². The summed E-state index contributed by atoms with van der Waals surface area (Å²) in [6, 6.07) is -0.618. The van der Waals surface area contributed by atoms with Gasteiger partial charge in [-0.25, -0.2) is 9.59 Å². The summed E-state index contributed by atoms with van der Waals surface area (Å²) in [6.45, 7) is 4.77. The number of imide groups is 1. The van der Waals surface area contributed by atoms with Crippen molar-refractivity contribution in [3.63, 3.8) is 0 Å². The predicted molar refractivity (Wildman–Crippen MR) is 73.6 cm³/mol. The standard InChI is InChI=1S/C14H20N2O6/c1-4-14(5-2)12(19)16(13(20)15-14)7-10(17)22-9-6-8(3)21-11(9)18/h8-9H,4-7H2,1-3H3,(H,15,20)/t8-,9+/m0/s1. The molecule has 0 aromatic rings. The van der Waals surface area contributed by atoms with E-state index in [1.54, 1.807) is 20.8 Å². The minimum absolute atomic E-state index is 0.276. The van der Waals surface area contributed by atoms with Crippen LogP contribution in [0.4, 0.5) is 4.79 Å². The molecule has 0 spiro atoms. The van der Waals surface area contributed by atoms with Gasteiger partial charge in [-0.1, -0.05) is 13.8 Å². The topological polar surface area (TPSA) is 102 Å². The quantitative estimate of drug-likeness (QED) is 0.580. The molecular formula is C14H20N2O6. The van der Waals surface area contributed by atoms with Crippen molar-refractivity contribution in [3.8, 4) is 0 Å². The molecule has 2 rings (SSSR count). The van der Waals surface area contributed by atoms with Crippen LogP contribution in [0.25, 0.3) is 0 Å². The van der Waals surface area contributed by atoms with Crippen LogP contribution in [0.2, 0.25) is 0 Å². The molecule has 0 aromatic carbocycles. The van der Waals surface area contributed by atoms with Gasteiger partial charge in [0.25, 0.3) is 5.91 Å². The van der Waals surface area contributed by atoms with Crippen LogP contribution in [0.1, 0.15) is 40.0 Å². The van der Waals surface area contributed by atoms with E-state index in [-0.39, 0.29) is 12.5 Å². The number of hydrogen-bond acceptors (Lipinski definition) is 6. The van der Waals surface area contributed by atoms with Crippen molar-refractivity contribution in [2.75, 3.05) is 6.54 Å².